The number of hydrogen-bond acceptors (Lipinski definition) is 2. The summed E-state index contributed by atoms with van der Waals surface area (Å²) in [6, 6.07) is 6.58. The van der Waals surface area contributed by atoms with Crippen molar-refractivity contribution in [1.29, 1.82) is 0 Å². The maximum absolute atomic E-state index is 14.2. The van der Waals surface area contributed by atoms with Crippen LogP contribution < -0.4 is 10.0 Å². The summed E-state index contributed by atoms with van der Waals surface area (Å²) in [4.78, 5) is 0. The average molecular weight is 392 g/mol. The molecule has 0 aliphatic carbocycles. The Labute approximate surface area is 149 Å². The molecule has 0 aliphatic heterocycles. The molecule has 1 unspecified atom stereocenters. The van der Waals surface area contributed by atoms with E-state index in [-0.39, 0.29) is 0 Å². The molecule has 0 aromatic heterocycles. The number of hydrogen-bond donors (Lipinski definition) is 1. The summed E-state index contributed by atoms with van der Waals surface area (Å²) in [7, 11) is -0.727. The molecular weight excluding hydrogens is 374 g/mol. The standard InChI is InChI=1S/C18H18F5O2P/c1-3-18(4-2,10-7-5-6-8-11(10)25-9-24)26-17-15(22)13(20)12(19)14(21)16(17)23/h5-8,24,26H,3-4,9H2,1-2H3. The van der Waals surface area contributed by atoms with E-state index in [2.05, 4.69) is 0 Å². The Balaban J connectivity index is 2.64. The third-order valence-electron chi connectivity index (χ3n) is 4.40. The van der Waals surface area contributed by atoms with Gasteiger partial charge in [-0.2, -0.15) is 0 Å². The molecule has 0 saturated heterocycles. The molecule has 2 nitrogen and oxygen atoms in total. The molecular formula is C18H18F5O2P. The van der Waals surface area contributed by atoms with Crippen LogP contribution in [0.3, 0.4) is 0 Å². The minimum absolute atomic E-state index is 0.301. The fraction of sp³-hybridized carbons (Fsp3) is 0.333. The molecule has 0 fully saturated rings. The number of rotatable bonds is 7. The van der Waals surface area contributed by atoms with Crippen molar-refractivity contribution in [1.82, 2.24) is 0 Å². The van der Waals surface area contributed by atoms with Crippen LogP contribution >= 0.6 is 8.58 Å². The van der Waals surface area contributed by atoms with Crippen LogP contribution in [-0.4, -0.2) is 11.9 Å². The van der Waals surface area contributed by atoms with Crippen molar-refractivity contribution in [2.45, 2.75) is 31.8 Å². The second-order valence-electron chi connectivity index (χ2n) is 5.63. The monoisotopic (exact) mass is 392 g/mol. The molecule has 1 N–H and O–H groups in total. The summed E-state index contributed by atoms with van der Waals surface area (Å²) < 4.78 is 74.0. The molecule has 2 aromatic carbocycles. The smallest absolute Gasteiger partial charge is 0.200 e. The van der Waals surface area contributed by atoms with Crippen molar-refractivity contribution in [2.24, 2.45) is 0 Å². The molecule has 2 rings (SSSR count). The van der Waals surface area contributed by atoms with Crippen molar-refractivity contribution in [2.75, 3.05) is 6.79 Å². The van der Waals surface area contributed by atoms with Crippen molar-refractivity contribution in [3.8, 4) is 5.75 Å². The number of aliphatic hydroxyl groups excluding tert-OH is 1. The molecule has 0 spiro atoms. The molecule has 0 saturated carbocycles. The van der Waals surface area contributed by atoms with Gasteiger partial charge in [0.05, 0.1) is 5.30 Å². The molecule has 0 bridgehead atoms. The van der Waals surface area contributed by atoms with E-state index in [4.69, 9.17) is 9.84 Å². The molecule has 8 heteroatoms. The molecule has 0 amide bonds. The fourth-order valence-electron chi connectivity index (χ4n) is 2.89. The van der Waals surface area contributed by atoms with E-state index in [9.17, 15) is 22.0 Å². The minimum Gasteiger partial charge on any atom is -0.467 e. The van der Waals surface area contributed by atoms with Gasteiger partial charge in [0.25, 0.3) is 0 Å². The first-order valence-corrected chi connectivity index (χ1v) is 8.95. The Morgan fingerprint density at radius 3 is 1.88 bits per heavy atom. The van der Waals surface area contributed by atoms with E-state index in [0.29, 0.717) is 24.2 Å². The highest BCUT2D eigenvalue weighted by Crippen LogP contribution is 2.50. The van der Waals surface area contributed by atoms with Crippen LogP contribution in [0.2, 0.25) is 0 Å². The van der Waals surface area contributed by atoms with Gasteiger partial charge in [0, 0.05) is 10.7 Å². The van der Waals surface area contributed by atoms with Gasteiger partial charge in [0.2, 0.25) is 5.82 Å². The highest BCUT2D eigenvalue weighted by Gasteiger charge is 2.36. The summed E-state index contributed by atoms with van der Waals surface area (Å²) in [5.41, 5.74) is 0.543. The quantitative estimate of drug-likeness (QED) is 0.243. The normalized spacial score (nSPS) is 12.2. The fourth-order valence-corrected chi connectivity index (χ4v) is 4.50. The van der Waals surface area contributed by atoms with E-state index in [1.165, 1.54) is 0 Å². The minimum atomic E-state index is -2.17. The molecule has 0 radical (unpaired) electrons. The number of halogens is 5. The van der Waals surface area contributed by atoms with E-state index in [0.717, 1.165) is 0 Å². The first-order chi connectivity index (χ1) is 12.3. The first-order valence-electron chi connectivity index (χ1n) is 7.95. The number of benzene rings is 2. The van der Waals surface area contributed by atoms with Crippen LogP contribution in [0.15, 0.2) is 24.3 Å². The van der Waals surface area contributed by atoms with Crippen molar-refractivity contribution in [3.63, 3.8) is 0 Å². The van der Waals surface area contributed by atoms with E-state index in [1.54, 1.807) is 38.1 Å². The summed E-state index contributed by atoms with van der Waals surface area (Å²) in [6.45, 7) is 2.92. The number of ether oxygens (including phenoxy) is 1. The summed E-state index contributed by atoms with van der Waals surface area (Å²) in [6.07, 6.45) is 0.737. The van der Waals surface area contributed by atoms with Gasteiger partial charge >= 0.3 is 0 Å². The van der Waals surface area contributed by atoms with Crippen LogP contribution in [0.4, 0.5) is 22.0 Å². The van der Waals surface area contributed by atoms with Crippen LogP contribution in [0.1, 0.15) is 32.3 Å². The number of aliphatic hydroxyl groups is 1. The van der Waals surface area contributed by atoms with Crippen LogP contribution in [0, 0.1) is 29.1 Å². The Kier molecular flexibility index (Phi) is 6.58. The molecule has 1 atom stereocenters. The van der Waals surface area contributed by atoms with Gasteiger partial charge in [-0.3, -0.25) is 0 Å². The van der Waals surface area contributed by atoms with Gasteiger partial charge in [-0.15, -0.1) is 0 Å². The predicted molar refractivity (Wildman–Crippen MR) is 90.6 cm³/mol. The molecule has 26 heavy (non-hydrogen) atoms. The van der Waals surface area contributed by atoms with Crippen molar-refractivity contribution < 1.29 is 31.8 Å². The molecule has 2 aromatic rings. The second kappa shape index (κ2) is 8.31. The van der Waals surface area contributed by atoms with E-state index >= 15 is 0 Å². The average Bonchev–Trinajstić information content (AvgIpc) is 2.66. The Hall–Kier alpha value is -1.72. The third-order valence-corrected chi connectivity index (χ3v) is 6.55. The summed E-state index contributed by atoms with van der Waals surface area (Å²) >= 11 is 0. The van der Waals surface area contributed by atoms with Crippen molar-refractivity contribution in [3.05, 3.63) is 58.9 Å². The van der Waals surface area contributed by atoms with Gasteiger partial charge < -0.3 is 9.84 Å². The van der Waals surface area contributed by atoms with E-state index in [1.807, 2.05) is 0 Å². The molecule has 142 valence electrons. The maximum atomic E-state index is 14.2. The Morgan fingerprint density at radius 2 is 1.38 bits per heavy atom. The zero-order valence-electron chi connectivity index (χ0n) is 14.2. The first kappa shape index (κ1) is 20.6. The summed E-state index contributed by atoms with van der Waals surface area (Å²) in [5.74, 6) is -9.40. The summed E-state index contributed by atoms with van der Waals surface area (Å²) in [5, 5.41) is 7.31. The zero-order chi connectivity index (χ0) is 19.5. The van der Waals surface area contributed by atoms with Crippen LogP contribution in [0.25, 0.3) is 0 Å². The van der Waals surface area contributed by atoms with Crippen LogP contribution in [0.5, 0.6) is 5.75 Å². The van der Waals surface area contributed by atoms with Gasteiger partial charge in [-0.25, -0.2) is 22.0 Å². The lowest BCUT2D eigenvalue weighted by Crippen LogP contribution is -2.27. The largest absolute Gasteiger partial charge is 0.467 e. The Morgan fingerprint density at radius 1 is 0.885 bits per heavy atom. The van der Waals surface area contributed by atoms with Crippen molar-refractivity contribution >= 4 is 13.9 Å². The second-order valence-corrected chi connectivity index (χ2v) is 7.34. The zero-order valence-corrected chi connectivity index (χ0v) is 15.2. The SMILES string of the molecule is CCC(CC)(Pc1c(F)c(F)c(F)c(F)c1F)c1ccccc1OCO. The lowest BCUT2D eigenvalue weighted by atomic mass is 9.92. The highest BCUT2D eigenvalue weighted by atomic mass is 31.1. The lowest BCUT2D eigenvalue weighted by molar-refractivity contribution is 0.0968. The third kappa shape index (κ3) is 3.55. The van der Waals surface area contributed by atoms with Gasteiger partial charge in [-0.05, 0) is 18.9 Å². The molecule has 0 aliphatic rings. The highest BCUT2D eigenvalue weighted by molar-refractivity contribution is 7.48. The van der Waals surface area contributed by atoms with Gasteiger partial charge in [0.1, 0.15) is 5.75 Å². The maximum Gasteiger partial charge on any atom is 0.200 e. The van der Waals surface area contributed by atoms with E-state index < -0.39 is 54.9 Å². The van der Waals surface area contributed by atoms with Crippen LogP contribution in [-0.2, 0) is 5.16 Å². The Bertz CT molecular complexity index is 764. The topological polar surface area (TPSA) is 29.5 Å². The molecule has 0 heterocycles. The van der Waals surface area contributed by atoms with Gasteiger partial charge in [-0.1, -0.05) is 40.6 Å². The number of para-hydroxylation sites is 1. The lowest BCUT2D eigenvalue weighted by Gasteiger charge is -2.34. The van der Waals surface area contributed by atoms with Gasteiger partial charge in [0.15, 0.2) is 30.1 Å². The predicted octanol–water partition coefficient (Wildman–Crippen LogP) is 4.73.